The van der Waals surface area contributed by atoms with E-state index >= 15 is 4.39 Å². The molecule has 1 aliphatic heterocycles. The monoisotopic (exact) mass is 922 g/mol. The zero-order valence-electron chi connectivity index (χ0n) is 31.9. The molecule has 0 aliphatic carbocycles. The minimum atomic E-state index is -2.02. The van der Waals surface area contributed by atoms with Crippen LogP contribution >= 0.6 is 84.3 Å². The number of unbranched alkanes of at least 4 members (excludes halogenated alkanes) is 9. The average molecular weight is 924 g/mol. The maximum absolute atomic E-state index is 16.8. The summed E-state index contributed by atoms with van der Waals surface area (Å²) in [5.74, 6) is -0.197. The van der Waals surface area contributed by atoms with Gasteiger partial charge in [0.1, 0.15) is 24.9 Å². The standard InChI is InChI=1S/C44H48BrFN2S6Si/c1-4-7-10-13-16-28-17-18-32(49-28)33-21-22-35(51-33)34-20-19-31(50-34)29-25-30(46)40(42-41(29)47-54-48-42)36-26-37-43(52-36)44-38(27-39(45)53-44)55(37,23-14-11-8-5-2)24-15-12-9-6-3/h17-22,25-27H,4-16,23-24H2,1-3H3. The molecule has 288 valence electrons. The first-order valence-corrected chi connectivity index (χ1v) is 28.1. The summed E-state index contributed by atoms with van der Waals surface area (Å²) in [7, 11) is -2.02. The molecular weight excluding hydrogens is 876 g/mol. The molecule has 0 N–H and O–H groups in total. The summed E-state index contributed by atoms with van der Waals surface area (Å²) in [6.45, 7) is 6.86. The van der Waals surface area contributed by atoms with Crippen LogP contribution in [0.5, 0.6) is 0 Å². The molecule has 0 atom stereocenters. The molecule has 0 unspecified atom stereocenters. The van der Waals surface area contributed by atoms with Gasteiger partial charge in [-0.1, -0.05) is 91.4 Å². The van der Waals surface area contributed by atoms with E-state index in [1.54, 1.807) is 39.1 Å². The third-order valence-electron chi connectivity index (χ3n) is 11.2. The van der Waals surface area contributed by atoms with E-state index in [2.05, 4.69) is 85.2 Å². The number of hydrogen-bond donors (Lipinski definition) is 0. The summed E-state index contributed by atoms with van der Waals surface area (Å²) in [6.07, 6.45) is 16.6. The third kappa shape index (κ3) is 8.12. The van der Waals surface area contributed by atoms with E-state index < -0.39 is 8.07 Å². The highest BCUT2D eigenvalue weighted by atomic mass is 79.9. The Hall–Kier alpha value is -1.83. The van der Waals surface area contributed by atoms with Gasteiger partial charge in [0.25, 0.3) is 0 Å². The lowest BCUT2D eigenvalue weighted by molar-refractivity contribution is 0.633. The Morgan fingerprint density at radius 3 is 1.82 bits per heavy atom. The molecule has 7 heterocycles. The highest BCUT2D eigenvalue weighted by Gasteiger charge is 2.47. The number of nitrogens with zero attached hydrogens (tertiary/aromatic N) is 2. The fraction of sp³-hybridized carbons (Fsp3) is 0.409. The lowest BCUT2D eigenvalue weighted by Gasteiger charge is -2.29. The van der Waals surface area contributed by atoms with Crippen LogP contribution in [0.4, 0.5) is 4.39 Å². The molecule has 0 fully saturated rings. The number of halogens is 2. The smallest absolute Gasteiger partial charge is 0.134 e. The molecule has 8 rings (SSSR count). The summed E-state index contributed by atoms with van der Waals surface area (Å²) in [6, 6.07) is 22.6. The Morgan fingerprint density at radius 1 is 0.564 bits per heavy atom. The summed E-state index contributed by atoms with van der Waals surface area (Å²) in [5, 5.41) is 3.18. The molecule has 0 bridgehead atoms. The van der Waals surface area contributed by atoms with Crippen LogP contribution in [0.15, 0.2) is 58.4 Å². The van der Waals surface area contributed by atoms with Gasteiger partial charge < -0.3 is 0 Å². The largest absolute Gasteiger partial charge is 0.206 e. The number of thiophene rings is 5. The van der Waals surface area contributed by atoms with Crippen LogP contribution in [0.2, 0.25) is 12.1 Å². The van der Waals surface area contributed by atoms with Crippen molar-refractivity contribution in [3.63, 3.8) is 0 Å². The molecular formula is C44H48BrFN2S6Si. The fourth-order valence-corrected chi connectivity index (χ4v) is 22.3. The van der Waals surface area contributed by atoms with Crippen molar-refractivity contribution in [3.05, 3.63) is 69.1 Å². The van der Waals surface area contributed by atoms with E-state index in [-0.39, 0.29) is 5.82 Å². The molecule has 0 amide bonds. The first-order chi connectivity index (χ1) is 26.9. The maximum atomic E-state index is 16.8. The minimum Gasteiger partial charge on any atom is -0.206 e. The highest BCUT2D eigenvalue weighted by Crippen LogP contribution is 2.49. The Labute approximate surface area is 359 Å². The van der Waals surface area contributed by atoms with Crippen LogP contribution in [-0.2, 0) is 6.42 Å². The Bertz CT molecular complexity index is 2360. The van der Waals surface area contributed by atoms with Crippen LogP contribution in [0.1, 0.15) is 103 Å². The van der Waals surface area contributed by atoms with Gasteiger partial charge in [-0.3, -0.25) is 0 Å². The molecule has 0 radical (unpaired) electrons. The molecule has 0 saturated carbocycles. The molecule has 11 heteroatoms. The second-order valence-corrected chi connectivity index (χ2v) is 26.6. The zero-order valence-corrected chi connectivity index (χ0v) is 39.4. The molecule has 1 aromatic carbocycles. The van der Waals surface area contributed by atoms with Crippen LogP contribution in [0, 0.1) is 5.82 Å². The van der Waals surface area contributed by atoms with Gasteiger partial charge in [0.2, 0.25) is 0 Å². The van der Waals surface area contributed by atoms with Crippen molar-refractivity contribution < 1.29 is 4.39 Å². The van der Waals surface area contributed by atoms with E-state index in [1.807, 2.05) is 34.0 Å². The number of aromatic nitrogens is 2. The van der Waals surface area contributed by atoms with Gasteiger partial charge >= 0.3 is 0 Å². The molecule has 6 aromatic heterocycles. The van der Waals surface area contributed by atoms with Gasteiger partial charge in [0.15, 0.2) is 0 Å². The first kappa shape index (κ1) is 40.0. The third-order valence-corrected chi connectivity index (χ3v) is 24.1. The van der Waals surface area contributed by atoms with Gasteiger partial charge in [0, 0.05) is 49.5 Å². The van der Waals surface area contributed by atoms with Gasteiger partial charge in [0.05, 0.1) is 21.1 Å². The predicted octanol–water partition coefficient (Wildman–Crippen LogP) is 16.4. The SMILES string of the molecule is CCCCCCc1ccc(-c2ccc(-c3ccc(-c4cc(F)c(-c5cc6c(s5)-c5sc(Br)cc5[Si]6(CCCCCC)CCCCCC)c5nsnc45)s3)s2)s1. The van der Waals surface area contributed by atoms with Crippen molar-refractivity contribution in [2.75, 3.05) is 0 Å². The molecule has 7 aromatic rings. The highest BCUT2D eigenvalue weighted by molar-refractivity contribution is 9.11. The number of rotatable bonds is 19. The number of fused-ring (bicyclic) bond motifs is 4. The Morgan fingerprint density at radius 2 is 1.13 bits per heavy atom. The zero-order chi connectivity index (χ0) is 37.9. The normalized spacial score (nSPS) is 13.3. The van der Waals surface area contributed by atoms with Gasteiger partial charge in [-0.2, -0.15) is 8.75 Å². The van der Waals surface area contributed by atoms with Gasteiger partial charge in [-0.05, 0) is 106 Å². The second-order valence-electron chi connectivity index (χ2n) is 15.0. The van der Waals surface area contributed by atoms with Gasteiger partial charge in [-0.25, -0.2) is 4.39 Å². The van der Waals surface area contributed by atoms with E-state index in [4.69, 9.17) is 8.75 Å². The molecule has 1 aliphatic rings. The van der Waals surface area contributed by atoms with E-state index in [0.717, 1.165) is 20.8 Å². The lowest BCUT2D eigenvalue weighted by Crippen LogP contribution is -2.54. The molecule has 2 nitrogen and oxygen atoms in total. The lowest BCUT2D eigenvalue weighted by atomic mass is 10.0. The van der Waals surface area contributed by atoms with Crippen molar-refractivity contribution in [1.29, 1.82) is 0 Å². The van der Waals surface area contributed by atoms with E-state index in [9.17, 15) is 0 Å². The van der Waals surface area contributed by atoms with Crippen molar-refractivity contribution in [2.24, 2.45) is 0 Å². The van der Waals surface area contributed by atoms with Crippen molar-refractivity contribution in [2.45, 2.75) is 116 Å². The Kier molecular flexibility index (Phi) is 13.1. The summed E-state index contributed by atoms with van der Waals surface area (Å²) >= 11 is 14.2. The van der Waals surface area contributed by atoms with Crippen molar-refractivity contribution >= 4 is 114 Å². The summed E-state index contributed by atoms with van der Waals surface area (Å²) in [4.78, 5) is 11.5. The fourth-order valence-electron chi connectivity index (χ4n) is 8.36. The van der Waals surface area contributed by atoms with Crippen molar-refractivity contribution in [1.82, 2.24) is 8.75 Å². The van der Waals surface area contributed by atoms with Gasteiger partial charge in [-0.15, -0.1) is 56.7 Å². The average Bonchev–Trinajstić information content (AvgIpc) is 4.04. The van der Waals surface area contributed by atoms with Crippen LogP contribution in [-0.4, -0.2) is 16.8 Å². The van der Waals surface area contributed by atoms with Crippen LogP contribution in [0.3, 0.4) is 0 Å². The maximum Gasteiger partial charge on any atom is 0.134 e. The quantitative estimate of drug-likeness (QED) is 0.0597. The topological polar surface area (TPSA) is 25.8 Å². The predicted molar refractivity (Wildman–Crippen MR) is 252 cm³/mol. The Balaban J connectivity index is 1.10. The van der Waals surface area contributed by atoms with Crippen LogP contribution < -0.4 is 10.4 Å². The summed E-state index contributed by atoms with van der Waals surface area (Å²) in [5.41, 5.74) is 2.97. The van der Waals surface area contributed by atoms with E-state index in [1.165, 1.54) is 145 Å². The summed E-state index contributed by atoms with van der Waals surface area (Å²) < 4.78 is 27.6. The number of hydrogen-bond acceptors (Lipinski definition) is 8. The second kappa shape index (κ2) is 18.0. The van der Waals surface area contributed by atoms with E-state index in [0.29, 0.717) is 11.1 Å². The molecule has 0 spiro atoms. The number of benzene rings is 1. The molecule has 0 saturated heterocycles. The number of aryl methyl sites for hydroxylation is 1. The van der Waals surface area contributed by atoms with Crippen LogP contribution in [0.25, 0.3) is 61.2 Å². The first-order valence-electron chi connectivity index (χ1n) is 20.1. The van der Waals surface area contributed by atoms with Crippen molar-refractivity contribution in [3.8, 4) is 50.1 Å². The minimum absolute atomic E-state index is 0.197. The molecule has 55 heavy (non-hydrogen) atoms.